The van der Waals surface area contributed by atoms with E-state index in [4.69, 9.17) is 4.74 Å². The first kappa shape index (κ1) is 18.2. The second kappa shape index (κ2) is 8.55. The summed E-state index contributed by atoms with van der Waals surface area (Å²) >= 11 is 0. The van der Waals surface area contributed by atoms with E-state index in [1.807, 2.05) is 0 Å². The quantitative estimate of drug-likeness (QED) is 0.517. The summed E-state index contributed by atoms with van der Waals surface area (Å²) in [5, 5.41) is 0. The summed E-state index contributed by atoms with van der Waals surface area (Å²) in [6.07, 6.45) is 4.56. The van der Waals surface area contributed by atoms with Crippen LogP contribution in [0, 0.1) is 23.7 Å². The van der Waals surface area contributed by atoms with Gasteiger partial charge in [-0.25, -0.2) is 0 Å². The number of carbonyl (C=O) groups excluding carboxylic acids is 2. The Bertz CT molecular complexity index is 346. The van der Waals surface area contributed by atoms with E-state index in [9.17, 15) is 9.59 Å². The monoisotopic (exact) mass is 296 g/mol. The molecule has 0 aromatic rings. The third-order valence-corrected chi connectivity index (χ3v) is 4.59. The number of carbonyl (C=O) groups is 2. The van der Waals surface area contributed by atoms with E-state index in [0.29, 0.717) is 30.1 Å². The third-order valence-electron chi connectivity index (χ3n) is 4.59. The van der Waals surface area contributed by atoms with Crippen LogP contribution in [0.5, 0.6) is 0 Å². The van der Waals surface area contributed by atoms with E-state index >= 15 is 0 Å². The van der Waals surface area contributed by atoms with E-state index in [0.717, 1.165) is 19.3 Å². The number of hydrogen-bond acceptors (Lipinski definition) is 3. The maximum atomic E-state index is 12.0. The molecule has 1 fully saturated rings. The summed E-state index contributed by atoms with van der Waals surface area (Å²) in [7, 11) is 0. The van der Waals surface area contributed by atoms with E-state index < -0.39 is 0 Å². The molecule has 0 heterocycles. The van der Waals surface area contributed by atoms with Crippen LogP contribution in [0.1, 0.15) is 73.1 Å². The fourth-order valence-corrected chi connectivity index (χ4v) is 3.16. The lowest BCUT2D eigenvalue weighted by Gasteiger charge is -2.36. The highest BCUT2D eigenvalue weighted by atomic mass is 16.5. The zero-order valence-electron chi connectivity index (χ0n) is 14.4. The Hall–Kier alpha value is -0.860. The van der Waals surface area contributed by atoms with Gasteiger partial charge in [0.2, 0.25) is 0 Å². The molecule has 3 heteroatoms. The highest BCUT2D eigenvalue weighted by molar-refractivity contribution is 5.95. The van der Waals surface area contributed by atoms with Crippen molar-refractivity contribution in [2.45, 2.75) is 79.2 Å². The van der Waals surface area contributed by atoms with Crippen molar-refractivity contribution in [3.63, 3.8) is 0 Å². The Balaban J connectivity index is 2.45. The van der Waals surface area contributed by atoms with E-state index in [2.05, 4.69) is 34.6 Å². The van der Waals surface area contributed by atoms with Gasteiger partial charge in [0.25, 0.3) is 0 Å². The molecule has 0 N–H and O–H groups in total. The Morgan fingerprint density at radius 1 is 1.14 bits per heavy atom. The van der Waals surface area contributed by atoms with Gasteiger partial charge in [0, 0.05) is 6.42 Å². The molecule has 0 aromatic heterocycles. The second-order valence-corrected chi connectivity index (χ2v) is 7.50. The molecule has 122 valence electrons. The van der Waals surface area contributed by atoms with Gasteiger partial charge in [-0.1, -0.05) is 41.0 Å². The molecule has 3 unspecified atom stereocenters. The lowest BCUT2D eigenvalue weighted by Crippen LogP contribution is -2.36. The SMILES string of the molecule is CC(C)CCC(=O)CC(=O)OC1CC(C)CCC1C(C)C. The zero-order valence-corrected chi connectivity index (χ0v) is 14.4. The van der Waals surface area contributed by atoms with E-state index in [1.54, 1.807) is 0 Å². The van der Waals surface area contributed by atoms with Crippen LogP contribution in [0.15, 0.2) is 0 Å². The van der Waals surface area contributed by atoms with Crippen molar-refractivity contribution in [3.05, 3.63) is 0 Å². The largest absolute Gasteiger partial charge is 0.462 e. The highest BCUT2D eigenvalue weighted by Gasteiger charge is 2.33. The van der Waals surface area contributed by atoms with Gasteiger partial charge in [0.05, 0.1) is 0 Å². The number of ketones is 1. The molecule has 0 bridgehead atoms. The normalized spacial score (nSPS) is 26.1. The van der Waals surface area contributed by atoms with Crippen LogP contribution in [-0.2, 0) is 14.3 Å². The first-order valence-corrected chi connectivity index (χ1v) is 8.50. The van der Waals surface area contributed by atoms with E-state index in [1.165, 1.54) is 6.42 Å². The van der Waals surface area contributed by atoms with Crippen molar-refractivity contribution in [3.8, 4) is 0 Å². The summed E-state index contributed by atoms with van der Waals surface area (Å²) in [4.78, 5) is 23.8. The third kappa shape index (κ3) is 6.62. The van der Waals surface area contributed by atoms with Gasteiger partial charge in [-0.3, -0.25) is 9.59 Å². The standard InChI is InChI=1S/C18H32O3/c1-12(2)6-8-15(19)11-18(20)21-17-10-14(5)7-9-16(17)13(3)4/h12-14,16-17H,6-11H2,1-5H3. The number of Topliss-reactive ketones (excluding diaryl/α,β-unsaturated/α-hetero) is 1. The molecule has 1 saturated carbocycles. The summed E-state index contributed by atoms with van der Waals surface area (Å²) in [6.45, 7) is 10.8. The minimum absolute atomic E-state index is 0.000788. The molecule has 21 heavy (non-hydrogen) atoms. The predicted molar refractivity (Wildman–Crippen MR) is 84.9 cm³/mol. The lowest BCUT2D eigenvalue weighted by atomic mass is 9.75. The van der Waals surface area contributed by atoms with Crippen molar-refractivity contribution in [2.75, 3.05) is 0 Å². The average Bonchev–Trinajstić information content (AvgIpc) is 2.35. The number of hydrogen-bond donors (Lipinski definition) is 0. The topological polar surface area (TPSA) is 43.4 Å². The molecule has 1 aliphatic carbocycles. The number of rotatable bonds is 7. The molecule has 1 rings (SSSR count). The van der Waals surface area contributed by atoms with Crippen LogP contribution >= 0.6 is 0 Å². The minimum atomic E-state index is -0.325. The van der Waals surface area contributed by atoms with Gasteiger partial charge in [-0.2, -0.15) is 0 Å². The maximum absolute atomic E-state index is 12.0. The van der Waals surface area contributed by atoms with Crippen LogP contribution in [-0.4, -0.2) is 17.9 Å². The Kier molecular flexibility index (Phi) is 7.41. The minimum Gasteiger partial charge on any atom is -0.462 e. The average molecular weight is 296 g/mol. The highest BCUT2D eigenvalue weighted by Crippen LogP contribution is 2.35. The van der Waals surface area contributed by atoms with Crippen molar-refractivity contribution in [1.82, 2.24) is 0 Å². The fourth-order valence-electron chi connectivity index (χ4n) is 3.16. The van der Waals surface area contributed by atoms with Crippen molar-refractivity contribution >= 4 is 11.8 Å². The van der Waals surface area contributed by atoms with Crippen molar-refractivity contribution in [1.29, 1.82) is 0 Å². The number of ether oxygens (including phenoxy) is 1. The second-order valence-electron chi connectivity index (χ2n) is 7.50. The zero-order chi connectivity index (χ0) is 16.0. The van der Waals surface area contributed by atoms with Crippen LogP contribution in [0.3, 0.4) is 0 Å². The van der Waals surface area contributed by atoms with Crippen molar-refractivity contribution < 1.29 is 14.3 Å². The smallest absolute Gasteiger partial charge is 0.313 e. The molecule has 0 saturated heterocycles. The van der Waals surface area contributed by atoms with Crippen LogP contribution in [0.2, 0.25) is 0 Å². The molecule has 1 aliphatic rings. The molecule has 0 aliphatic heterocycles. The summed E-state index contributed by atoms with van der Waals surface area (Å²) < 4.78 is 5.65. The Labute approximate surface area is 129 Å². The molecule has 3 nitrogen and oxygen atoms in total. The van der Waals surface area contributed by atoms with E-state index in [-0.39, 0.29) is 24.3 Å². The number of esters is 1. The first-order chi connectivity index (χ1) is 9.79. The van der Waals surface area contributed by atoms with Gasteiger partial charge in [0.15, 0.2) is 0 Å². The molecule has 0 spiro atoms. The van der Waals surface area contributed by atoms with Crippen LogP contribution in [0.25, 0.3) is 0 Å². The molecule has 3 atom stereocenters. The van der Waals surface area contributed by atoms with Gasteiger partial charge in [0.1, 0.15) is 18.3 Å². The van der Waals surface area contributed by atoms with Gasteiger partial charge >= 0.3 is 5.97 Å². The predicted octanol–water partition coefficient (Wildman–Crippen LogP) is 4.39. The fraction of sp³-hybridized carbons (Fsp3) is 0.889. The lowest BCUT2D eigenvalue weighted by molar-refractivity contribution is -0.157. The van der Waals surface area contributed by atoms with Crippen molar-refractivity contribution in [2.24, 2.45) is 23.7 Å². The molecule has 0 aromatic carbocycles. The van der Waals surface area contributed by atoms with Gasteiger partial charge in [-0.15, -0.1) is 0 Å². The molecular weight excluding hydrogens is 264 g/mol. The molecular formula is C18H32O3. The first-order valence-electron chi connectivity index (χ1n) is 8.50. The maximum Gasteiger partial charge on any atom is 0.313 e. The van der Waals surface area contributed by atoms with Gasteiger partial charge < -0.3 is 4.74 Å². The molecule has 0 amide bonds. The summed E-state index contributed by atoms with van der Waals surface area (Å²) in [5.41, 5.74) is 0. The van der Waals surface area contributed by atoms with Gasteiger partial charge in [-0.05, 0) is 42.9 Å². The Morgan fingerprint density at radius 2 is 1.81 bits per heavy atom. The Morgan fingerprint density at radius 3 is 2.38 bits per heavy atom. The summed E-state index contributed by atoms with van der Waals surface area (Å²) in [5.74, 6) is 1.75. The van der Waals surface area contributed by atoms with Crippen LogP contribution < -0.4 is 0 Å². The van der Waals surface area contributed by atoms with Crippen LogP contribution in [0.4, 0.5) is 0 Å². The summed E-state index contributed by atoms with van der Waals surface area (Å²) in [6, 6.07) is 0. The molecule has 0 radical (unpaired) electrons.